The molecule has 0 spiro atoms. The molecule has 1 aromatic rings. The third-order valence-corrected chi connectivity index (χ3v) is 2.98. The van der Waals surface area contributed by atoms with E-state index in [9.17, 15) is 0 Å². The van der Waals surface area contributed by atoms with Gasteiger partial charge in [-0.3, -0.25) is 0 Å². The molecule has 1 rings (SSSR count). The molecule has 5 heteroatoms. The Kier molecular flexibility index (Phi) is 5.54. The SMILES string of the molecule is CCC(CCO)Nc1cc(NC)nc(C(C)(C)C)n1. The van der Waals surface area contributed by atoms with Crippen molar-refractivity contribution in [2.75, 3.05) is 24.3 Å². The highest BCUT2D eigenvalue weighted by Gasteiger charge is 2.19. The van der Waals surface area contributed by atoms with Crippen LogP contribution in [-0.2, 0) is 5.41 Å². The molecule has 108 valence electrons. The van der Waals surface area contributed by atoms with Gasteiger partial charge in [0, 0.05) is 31.2 Å². The maximum absolute atomic E-state index is 9.05. The van der Waals surface area contributed by atoms with Gasteiger partial charge in [0.05, 0.1) is 0 Å². The highest BCUT2D eigenvalue weighted by atomic mass is 16.3. The maximum Gasteiger partial charge on any atom is 0.138 e. The first-order valence-electron chi connectivity index (χ1n) is 6.85. The van der Waals surface area contributed by atoms with Crippen LogP contribution in [0, 0.1) is 0 Å². The molecule has 0 saturated heterocycles. The normalized spacial score (nSPS) is 13.2. The smallest absolute Gasteiger partial charge is 0.138 e. The van der Waals surface area contributed by atoms with Crippen LogP contribution in [0.15, 0.2) is 6.07 Å². The molecule has 19 heavy (non-hydrogen) atoms. The number of hydrogen-bond acceptors (Lipinski definition) is 5. The Balaban J connectivity index is 3.00. The molecular weight excluding hydrogens is 240 g/mol. The zero-order chi connectivity index (χ0) is 14.5. The third-order valence-electron chi connectivity index (χ3n) is 2.98. The molecule has 1 unspecified atom stereocenters. The van der Waals surface area contributed by atoms with Crippen molar-refractivity contribution in [2.24, 2.45) is 0 Å². The Morgan fingerprint density at radius 2 is 1.89 bits per heavy atom. The van der Waals surface area contributed by atoms with Gasteiger partial charge >= 0.3 is 0 Å². The number of rotatable bonds is 6. The Labute approximate surface area is 115 Å². The zero-order valence-electron chi connectivity index (χ0n) is 12.6. The minimum absolute atomic E-state index is 0.0953. The molecule has 0 bridgehead atoms. The zero-order valence-corrected chi connectivity index (χ0v) is 12.6. The summed E-state index contributed by atoms with van der Waals surface area (Å²) in [5.74, 6) is 2.42. The van der Waals surface area contributed by atoms with Crippen LogP contribution >= 0.6 is 0 Å². The first-order valence-corrected chi connectivity index (χ1v) is 6.85. The summed E-state index contributed by atoms with van der Waals surface area (Å²) in [7, 11) is 1.85. The van der Waals surface area contributed by atoms with Gasteiger partial charge in [-0.05, 0) is 12.8 Å². The Hall–Kier alpha value is -1.36. The van der Waals surface area contributed by atoms with E-state index in [-0.39, 0.29) is 18.1 Å². The minimum atomic E-state index is -0.0953. The van der Waals surface area contributed by atoms with E-state index in [1.807, 2.05) is 13.1 Å². The van der Waals surface area contributed by atoms with E-state index in [1.165, 1.54) is 0 Å². The number of aliphatic hydroxyl groups is 1. The number of aliphatic hydroxyl groups excluding tert-OH is 1. The molecule has 0 radical (unpaired) electrons. The van der Waals surface area contributed by atoms with Crippen LogP contribution in [0.5, 0.6) is 0 Å². The fourth-order valence-electron chi connectivity index (χ4n) is 1.73. The largest absolute Gasteiger partial charge is 0.396 e. The van der Waals surface area contributed by atoms with E-state index in [0.717, 1.165) is 30.3 Å². The number of nitrogens with one attached hydrogen (secondary N) is 2. The molecule has 0 aliphatic carbocycles. The second kappa shape index (κ2) is 6.70. The Bertz CT molecular complexity index is 401. The highest BCUT2D eigenvalue weighted by molar-refractivity contribution is 5.48. The molecule has 3 N–H and O–H groups in total. The molecule has 1 atom stereocenters. The standard InChI is InChI=1S/C14H26N4O/c1-6-10(7-8-19)16-12-9-11(15-5)17-13(18-12)14(2,3)4/h9-10,19H,6-8H2,1-5H3,(H2,15,16,17,18). The second-order valence-electron chi connectivity index (χ2n) is 5.72. The number of hydrogen-bond donors (Lipinski definition) is 3. The van der Waals surface area contributed by atoms with Crippen LogP contribution < -0.4 is 10.6 Å². The first-order chi connectivity index (χ1) is 8.90. The van der Waals surface area contributed by atoms with Crippen molar-refractivity contribution in [2.45, 2.75) is 52.0 Å². The van der Waals surface area contributed by atoms with E-state index in [1.54, 1.807) is 0 Å². The fraction of sp³-hybridized carbons (Fsp3) is 0.714. The van der Waals surface area contributed by atoms with Crippen LogP contribution in [0.1, 0.15) is 46.4 Å². The van der Waals surface area contributed by atoms with Crippen molar-refractivity contribution in [1.82, 2.24) is 9.97 Å². The van der Waals surface area contributed by atoms with Gasteiger partial charge in [-0.15, -0.1) is 0 Å². The molecule has 0 aliphatic rings. The Morgan fingerprint density at radius 3 is 2.37 bits per heavy atom. The number of aromatic nitrogens is 2. The highest BCUT2D eigenvalue weighted by Crippen LogP contribution is 2.22. The number of anilines is 2. The summed E-state index contributed by atoms with van der Waals surface area (Å²) in [4.78, 5) is 9.07. The van der Waals surface area contributed by atoms with Gasteiger partial charge in [-0.25, -0.2) is 9.97 Å². The topological polar surface area (TPSA) is 70.1 Å². The molecule has 1 aromatic heterocycles. The van der Waals surface area contributed by atoms with Crippen molar-refractivity contribution in [1.29, 1.82) is 0 Å². The van der Waals surface area contributed by atoms with Crippen molar-refractivity contribution in [3.8, 4) is 0 Å². The van der Waals surface area contributed by atoms with E-state index in [2.05, 4.69) is 48.3 Å². The summed E-state index contributed by atoms with van der Waals surface area (Å²) in [6, 6.07) is 2.13. The van der Waals surface area contributed by atoms with Crippen molar-refractivity contribution < 1.29 is 5.11 Å². The average molecular weight is 266 g/mol. The van der Waals surface area contributed by atoms with Gasteiger partial charge < -0.3 is 15.7 Å². The van der Waals surface area contributed by atoms with E-state index < -0.39 is 0 Å². The Morgan fingerprint density at radius 1 is 1.26 bits per heavy atom. The van der Waals surface area contributed by atoms with Crippen molar-refractivity contribution in [3.05, 3.63) is 11.9 Å². The van der Waals surface area contributed by atoms with E-state index >= 15 is 0 Å². The van der Waals surface area contributed by atoms with Crippen molar-refractivity contribution in [3.63, 3.8) is 0 Å². The predicted octanol–water partition coefficient (Wildman–Crippen LogP) is 2.39. The molecule has 1 heterocycles. The van der Waals surface area contributed by atoms with Gasteiger partial charge in [0.15, 0.2) is 0 Å². The summed E-state index contributed by atoms with van der Waals surface area (Å²) < 4.78 is 0. The summed E-state index contributed by atoms with van der Waals surface area (Å²) in [5.41, 5.74) is -0.0953. The lowest BCUT2D eigenvalue weighted by Gasteiger charge is -2.21. The summed E-state index contributed by atoms with van der Waals surface area (Å²) in [6.07, 6.45) is 1.67. The lowest BCUT2D eigenvalue weighted by molar-refractivity contribution is 0.278. The lowest BCUT2D eigenvalue weighted by atomic mass is 9.96. The van der Waals surface area contributed by atoms with Crippen LogP contribution in [0.3, 0.4) is 0 Å². The van der Waals surface area contributed by atoms with Gasteiger partial charge in [-0.2, -0.15) is 0 Å². The molecule has 0 fully saturated rings. The summed E-state index contributed by atoms with van der Waals surface area (Å²) >= 11 is 0. The third kappa shape index (κ3) is 4.67. The van der Waals surface area contributed by atoms with Crippen LogP contribution in [0.25, 0.3) is 0 Å². The quantitative estimate of drug-likeness (QED) is 0.737. The van der Waals surface area contributed by atoms with Gasteiger partial charge in [0.2, 0.25) is 0 Å². The van der Waals surface area contributed by atoms with Crippen LogP contribution in [-0.4, -0.2) is 34.8 Å². The van der Waals surface area contributed by atoms with E-state index in [4.69, 9.17) is 5.11 Å². The molecular formula is C14H26N4O. The van der Waals surface area contributed by atoms with Crippen LogP contribution in [0.2, 0.25) is 0 Å². The maximum atomic E-state index is 9.05. The van der Waals surface area contributed by atoms with Crippen LogP contribution in [0.4, 0.5) is 11.6 Å². The molecule has 0 amide bonds. The first kappa shape index (κ1) is 15.7. The second-order valence-corrected chi connectivity index (χ2v) is 5.72. The molecule has 0 aliphatic heterocycles. The molecule has 5 nitrogen and oxygen atoms in total. The van der Waals surface area contributed by atoms with Gasteiger partial charge in [0.1, 0.15) is 17.5 Å². The average Bonchev–Trinajstić information content (AvgIpc) is 2.36. The molecule has 0 aromatic carbocycles. The minimum Gasteiger partial charge on any atom is -0.396 e. The van der Waals surface area contributed by atoms with Gasteiger partial charge in [0.25, 0.3) is 0 Å². The van der Waals surface area contributed by atoms with Gasteiger partial charge in [-0.1, -0.05) is 27.7 Å². The lowest BCUT2D eigenvalue weighted by Crippen LogP contribution is -2.23. The monoisotopic (exact) mass is 266 g/mol. The molecule has 0 saturated carbocycles. The van der Waals surface area contributed by atoms with E-state index in [0.29, 0.717) is 0 Å². The summed E-state index contributed by atoms with van der Waals surface area (Å²) in [6.45, 7) is 8.56. The predicted molar refractivity (Wildman–Crippen MR) is 79.7 cm³/mol. The summed E-state index contributed by atoms with van der Waals surface area (Å²) in [5, 5.41) is 15.5. The number of nitrogens with zero attached hydrogens (tertiary/aromatic N) is 2. The fourth-order valence-corrected chi connectivity index (χ4v) is 1.73. The van der Waals surface area contributed by atoms with Crippen molar-refractivity contribution >= 4 is 11.6 Å².